The summed E-state index contributed by atoms with van der Waals surface area (Å²) in [6.07, 6.45) is 1.20. The molecule has 2 heterocycles. The van der Waals surface area contributed by atoms with Crippen molar-refractivity contribution < 1.29 is 4.74 Å². The van der Waals surface area contributed by atoms with Crippen LogP contribution in [-0.2, 0) is 10.2 Å². The summed E-state index contributed by atoms with van der Waals surface area (Å²) in [5, 5.41) is 5.83. The minimum absolute atomic E-state index is 0.188. The second kappa shape index (κ2) is 1.97. The van der Waals surface area contributed by atoms with E-state index in [1.165, 1.54) is 6.42 Å². The van der Waals surface area contributed by atoms with Gasteiger partial charge in [0.15, 0.2) is 0 Å². The Bertz CT molecular complexity index is 371. The smallest absolute Gasteiger partial charge is 0.213 e. The van der Waals surface area contributed by atoms with E-state index in [9.17, 15) is 0 Å². The number of nitrogens with zero attached hydrogens (tertiary/aromatic N) is 1. The Balaban J connectivity index is 2.04. The maximum atomic E-state index is 5.37. The van der Waals surface area contributed by atoms with Gasteiger partial charge in [-0.3, -0.25) is 10.2 Å². The number of aromatic amines is 2. The van der Waals surface area contributed by atoms with Gasteiger partial charge in [0.2, 0.25) is 4.77 Å². The van der Waals surface area contributed by atoms with Crippen molar-refractivity contribution in [2.24, 2.45) is 5.92 Å². The number of rotatable bonds is 1. The molecular formula is C7H9N3OS. The molecule has 0 radical (unpaired) electrons. The fraction of sp³-hybridized carbons (Fsp3) is 0.714. The number of H-pyrrole nitrogens is 2. The normalized spacial score (nSPS) is 38.2. The molecule has 64 valence electrons. The molecule has 1 aromatic rings. The SMILES string of the molecule is S=c1nc(C23COCC2C3)[nH][nH]1. The zero-order valence-corrected chi connectivity index (χ0v) is 7.28. The lowest BCUT2D eigenvalue weighted by atomic mass is 10.1. The third-order valence-corrected chi connectivity index (χ3v) is 3.08. The molecule has 12 heavy (non-hydrogen) atoms. The van der Waals surface area contributed by atoms with Gasteiger partial charge in [-0.25, -0.2) is 4.98 Å². The van der Waals surface area contributed by atoms with E-state index in [1.807, 2.05) is 0 Å². The molecule has 1 aliphatic heterocycles. The van der Waals surface area contributed by atoms with Gasteiger partial charge in [-0.1, -0.05) is 0 Å². The van der Waals surface area contributed by atoms with Crippen LogP contribution in [0.4, 0.5) is 0 Å². The minimum Gasteiger partial charge on any atom is -0.380 e. The molecule has 5 heteroatoms. The number of nitrogens with one attached hydrogen (secondary N) is 2. The molecule has 2 N–H and O–H groups in total. The van der Waals surface area contributed by atoms with E-state index < -0.39 is 0 Å². The summed E-state index contributed by atoms with van der Waals surface area (Å²) in [5.41, 5.74) is 0.188. The van der Waals surface area contributed by atoms with E-state index >= 15 is 0 Å². The van der Waals surface area contributed by atoms with Gasteiger partial charge < -0.3 is 4.74 Å². The molecule has 1 aromatic heterocycles. The van der Waals surface area contributed by atoms with Crippen molar-refractivity contribution in [3.05, 3.63) is 10.6 Å². The Morgan fingerprint density at radius 2 is 2.50 bits per heavy atom. The van der Waals surface area contributed by atoms with Crippen molar-refractivity contribution in [2.45, 2.75) is 11.8 Å². The van der Waals surface area contributed by atoms with Crippen LogP contribution in [0, 0.1) is 10.7 Å². The summed E-state index contributed by atoms with van der Waals surface area (Å²) in [7, 11) is 0. The molecule has 2 aliphatic rings. The van der Waals surface area contributed by atoms with Crippen molar-refractivity contribution in [1.29, 1.82) is 0 Å². The van der Waals surface area contributed by atoms with Gasteiger partial charge in [0.1, 0.15) is 5.82 Å². The van der Waals surface area contributed by atoms with Crippen molar-refractivity contribution in [2.75, 3.05) is 13.2 Å². The van der Waals surface area contributed by atoms with Crippen molar-refractivity contribution in [1.82, 2.24) is 15.2 Å². The van der Waals surface area contributed by atoms with Crippen LogP contribution in [0.5, 0.6) is 0 Å². The van der Waals surface area contributed by atoms with Gasteiger partial charge in [-0.05, 0) is 24.6 Å². The van der Waals surface area contributed by atoms with Gasteiger partial charge in [0.25, 0.3) is 0 Å². The zero-order chi connectivity index (χ0) is 8.18. The van der Waals surface area contributed by atoms with Crippen LogP contribution in [0.1, 0.15) is 12.2 Å². The number of fused-ring (bicyclic) bond motifs is 1. The Kier molecular flexibility index (Phi) is 1.12. The molecule has 0 aromatic carbocycles. The predicted octanol–water partition coefficient (Wildman–Crippen LogP) is 0.755. The van der Waals surface area contributed by atoms with Crippen LogP contribution < -0.4 is 0 Å². The number of aromatic nitrogens is 3. The molecule has 0 amide bonds. The first-order valence-corrected chi connectivity index (χ1v) is 4.45. The Morgan fingerprint density at radius 1 is 1.58 bits per heavy atom. The molecule has 1 saturated heterocycles. The van der Waals surface area contributed by atoms with E-state index in [0.29, 0.717) is 10.7 Å². The molecule has 2 fully saturated rings. The minimum atomic E-state index is 0.188. The first kappa shape index (κ1) is 6.80. The van der Waals surface area contributed by atoms with E-state index in [-0.39, 0.29) is 5.41 Å². The first-order chi connectivity index (χ1) is 5.81. The Labute approximate surface area is 74.3 Å². The van der Waals surface area contributed by atoms with Gasteiger partial charge in [-0.2, -0.15) is 0 Å². The number of hydrogen-bond acceptors (Lipinski definition) is 3. The maximum absolute atomic E-state index is 5.37. The van der Waals surface area contributed by atoms with Crippen LogP contribution in [0.3, 0.4) is 0 Å². The summed E-state index contributed by atoms with van der Waals surface area (Å²) < 4.78 is 5.90. The monoisotopic (exact) mass is 183 g/mol. The van der Waals surface area contributed by atoms with Crippen molar-refractivity contribution >= 4 is 12.2 Å². The fourth-order valence-electron chi connectivity index (χ4n) is 2.02. The summed E-state index contributed by atoms with van der Waals surface area (Å²) in [5.74, 6) is 1.65. The number of ether oxygens (including phenoxy) is 1. The molecule has 1 aliphatic carbocycles. The predicted molar refractivity (Wildman–Crippen MR) is 44.4 cm³/mol. The van der Waals surface area contributed by atoms with Gasteiger partial charge in [-0.15, -0.1) is 0 Å². The highest BCUT2D eigenvalue weighted by Gasteiger charge is 2.61. The quantitative estimate of drug-likeness (QED) is 0.632. The average molecular weight is 183 g/mol. The van der Waals surface area contributed by atoms with Crippen LogP contribution in [0.15, 0.2) is 0 Å². The van der Waals surface area contributed by atoms with E-state index in [2.05, 4.69) is 15.2 Å². The Morgan fingerprint density at radius 3 is 3.00 bits per heavy atom. The van der Waals surface area contributed by atoms with Crippen molar-refractivity contribution in [3.8, 4) is 0 Å². The second-order valence-corrected chi connectivity index (χ2v) is 3.97. The topological polar surface area (TPSA) is 53.7 Å². The largest absolute Gasteiger partial charge is 0.380 e. The zero-order valence-electron chi connectivity index (χ0n) is 6.46. The lowest BCUT2D eigenvalue weighted by Crippen LogP contribution is -2.13. The second-order valence-electron chi connectivity index (χ2n) is 3.59. The lowest BCUT2D eigenvalue weighted by Gasteiger charge is -2.04. The molecule has 2 atom stereocenters. The lowest BCUT2D eigenvalue weighted by molar-refractivity contribution is 0.159. The molecular weight excluding hydrogens is 174 g/mol. The molecule has 3 rings (SSSR count). The van der Waals surface area contributed by atoms with Crippen LogP contribution in [0.25, 0.3) is 0 Å². The highest BCUT2D eigenvalue weighted by Crippen LogP contribution is 2.56. The fourth-order valence-corrected chi connectivity index (χ4v) is 2.17. The molecule has 0 bridgehead atoms. The Hall–Kier alpha value is -0.680. The summed E-state index contributed by atoms with van der Waals surface area (Å²) in [6.45, 7) is 1.68. The summed E-state index contributed by atoms with van der Waals surface area (Å²) >= 11 is 4.90. The van der Waals surface area contributed by atoms with Crippen LogP contribution in [0.2, 0.25) is 0 Å². The highest BCUT2D eigenvalue weighted by atomic mass is 32.1. The van der Waals surface area contributed by atoms with E-state index in [1.54, 1.807) is 0 Å². The highest BCUT2D eigenvalue weighted by molar-refractivity contribution is 7.71. The third kappa shape index (κ3) is 0.702. The van der Waals surface area contributed by atoms with Gasteiger partial charge >= 0.3 is 0 Å². The molecule has 1 saturated carbocycles. The maximum Gasteiger partial charge on any atom is 0.213 e. The van der Waals surface area contributed by atoms with Crippen LogP contribution >= 0.6 is 12.2 Å². The standard InChI is InChI=1S/C7H9N3OS/c12-6-8-5(9-10-6)7-1-4(7)2-11-3-7/h4H,1-3H2,(H2,8,9,10,12). The van der Waals surface area contributed by atoms with Gasteiger partial charge in [0.05, 0.1) is 18.6 Å². The van der Waals surface area contributed by atoms with Gasteiger partial charge in [0, 0.05) is 0 Å². The average Bonchev–Trinajstić information content (AvgIpc) is 2.50. The molecule has 4 nitrogen and oxygen atoms in total. The summed E-state index contributed by atoms with van der Waals surface area (Å²) in [4.78, 5) is 4.23. The van der Waals surface area contributed by atoms with Crippen molar-refractivity contribution in [3.63, 3.8) is 0 Å². The van der Waals surface area contributed by atoms with E-state index in [4.69, 9.17) is 17.0 Å². The summed E-state index contributed by atoms with van der Waals surface area (Å²) in [6, 6.07) is 0. The first-order valence-electron chi connectivity index (χ1n) is 4.04. The van der Waals surface area contributed by atoms with Crippen LogP contribution in [-0.4, -0.2) is 28.4 Å². The third-order valence-electron chi connectivity index (χ3n) is 2.88. The molecule has 2 unspecified atom stereocenters. The van der Waals surface area contributed by atoms with E-state index in [0.717, 1.165) is 19.0 Å². The number of hydrogen-bond donors (Lipinski definition) is 2. The molecule has 0 spiro atoms.